The van der Waals surface area contributed by atoms with Crippen LogP contribution in [0.4, 0.5) is 5.69 Å². The largest absolute Gasteiger partial charge is 0.240 e. The van der Waals surface area contributed by atoms with E-state index in [-0.39, 0.29) is 0 Å². The highest BCUT2D eigenvalue weighted by Crippen LogP contribution is 2.18. The van der Waals surface area contributed by atoms with Crippen molar-refractivity contribution < 1.29 is 4.79 Å². The molecule has 0 N–H and O–H groups in total. The number of fused-ring (bicyclic) bond motifs is 1. The average molecular weight is 236 g/mol. The normalized spacial score (nSPS) is 10.2. The Morgan fingerprint density at radius 1 is 1.06 bits per heavy atom. The van der Waals surface area contributed by atoms with Gasteiger partial charge in [-0.2, -0.15) is 4.99 Å². The van der Waals surface area contributed by atoms with E-state index in [0.717, 1.165) is 16.7 Å². The first-order valence-corrected chi connectivity index (χ1v) is 5.37. The van der Waals surface area contributed by atoms with Gasteiger partial charge in [0.1, 0.15) is 5.52 Å². The van der Waals surface area contributed by atoms with Crippen molar-refractivity contribution >= 4 is 22.8 Å². The highest BCUT2D eigenvalue weighted by molar-refractivity contribution is 5.76. The van der Waals surface area contributed by atoms with Crippen LogP contribution in [0.5, 0.6) is 0 Å². The van der Waals surface area contributed by atoms with Crippen LogP contribution in [-0.2, 0) is 4.79 Å². The van der Waals surface area contributed by atoms with Crippen LogP contribution in [0.15, 0.2) is 53.5 Å². The molecule has 0 atom stereocenters. The minimum Gasteiger partial charge on any atom is -0.213 e. The van der Waals surface area contributed by atoms with Crippen molar-refractivity contribution in [3.8, 4) is 5.69 Å². The lowest BCUT2D eigenvalue weighted by atomic mass is 10.2. The fourth-order valence-corrected chi connectivity index (χ4v) is 1.78. The molecule has 86 valence electrons. The molecular weight excluding hydrogens is 228 g/mol. The summed E-state index contributed by atoms with van der Waals surface area (Å²) < 4.78 is 1.74. The van der Waals surface area contributed by atoms with Gasteiger partial charge in [-0.3, -0.25) is 0 Å². The molecule has 2 aromatic carbocycles. The molecule has 0 amide bonds. The van der Waals surface area contributed by atoms with Gasteiger partial charge in [-0.1, -0.05) is 17.3 Å². The molecule has 5 nitrogen and oxygen atoms in total. The predicted molar refractivity (Wildman–Crippen MR) is 66.6 cm³/mol. The molecule has 0 unspecified atom stereocenters. The fourth-order valence-electron chi connectivity index (χ4n) is 1.78. The molecule has 0 aliphatic rings. The second kappa shape index (κ2) is 4.24. The van der Waals surface area contributed by atoms with Gasteiger partial charge < -0.3 is 0 Å². The lowest BCUT2D eigenvalue weighted by Crippen LogP contribution is -1.95. The summed E-state index contributed by atoms with van der Waals surface area (Å²) in [5, 5.41) is 8.18. The molecule has 3 rings (SSSR count). The summed E-state index contributed by atoms with van der Waals surface area (Å²) in [4.78, 5) is 13.7. The van der Waals surface area contributed by atoms with Crippen molar-refractivity contribution in [1.29, 1.82) is 0 Å². The molecule has 0 radical (unpaired) electrons. The number of aromatic nitrogens is 3. The van der Waals surface area contributed by atoms with Gasteiger partial charge in [0.2, 0.25) is 6.08 Å². The Morgan fingerprint density at radius 3 is 2.61 bits per heavy atom. The van der Waals surface area contributed by atoms with E-state index in [0.29, 0.717) is 5.69 Å². The topological polar surface area (TPSA) is 60.1 Å². The van der Waals surface area contributed by atoms with Gasteiger partial charge in [0, 0.05) is 0 Å². The molecule has 18 heavy (non-hydrogen) atoms. The third kappa shape index (κ3) is 1.69. The van der Waals surface area contributed by atoms with Crippen LogP contribution in [0.2, 0.25) is 0 Å². The van der Waals surface area contributed by atoms with Crippen LogP contribution in [0.25, 0.3) is 16.7 Å². The van der Waals surface area contributed by atoms with Crippen LogP contribution in [0.3, 0.4) is 0 Å². The van der Waals surface area contributed by atoms with E-state index in [9.17, 15) is 4.79 Å². The van der Waals surface area contributed by atoms with Gasteiger partial charge in [-0.25, -0.2) is 9.48 Å². The minimum absolute atomic E-state index is 0.568. The zero-order valence-corrected chi connectivity index (χ0v) is 9.32. The minimum atomic E-state index is 0.568. The highest BCUT2D eigenvalue weighted by Gasteiger charge is 2.04. The van der Waals surface area contributed by atoms with Crippen LogP contribution >= 0.6 is 0 Å². The SMILES string of the molecule is O=C=Nc1ccc(-n2nnc3ccccc32)cc1. The number of rotatable bonds is 2. The maximum atomic E-state index is 10.1. The van der Waals surface area contributed by atoms with Gasteiger partial charge in [-0.05, 0) is 36.4 Å². The lowest BCUT2D eigenvalue weighted by molar-refractivity contribution is 0.565. The molecule has 0 saturated heterocycles. The second-order valence-electron chi connectivity index (χ2n) is 3.71. The predicted octanol–water partition coefficient (Wildman–Crippen LogP) is 2.39. The van der Waals surface area contributed by atoms with Crippen molar-refractivity contribution in [1.82, 2.24) is 15.0 Å². The zero-order chi connectivity index (χ0) is 12.4. The molecule has 1 heterocycles. The molecule has 3 aromatic rings. The highest BCUT2D eigenvalue weighted by atomic mass is 16.1. The summed E-state index contributed by atoms with van der Waals surface area (Å²) in [5.41, 5.74) is 3.21. The summed E-state index contributed by atoms with van der Waals surface area (Å²) >= 11 is 0. The van der Waals surface area contributed by atoms with Gasteiger partial charge in [0.05, 0.1) is 16.9 Å². The van der Waals surface area contributed by atoms with Crippen LogP contribution in [0, 0.1) is 0 Å². The first kappa shape index (κ1) is 10.4. The summed E-state index contributed by atoms with van der Waals surface area (Å²) in [7, 11) is 0. The number of aliphatic imine (C=N–C) groups is 1. The van der Waals surface area contributed by atoms with Gasteiger partial charge in [0.15, 0.2) is 0 Å². The number of carbonyl (C=O) groups excluding carboxylic acids is 1. The Balaban J connectivity index is 2.11. The average Bonchev–Trinajstić information content (AvgIpc) is 2.84. The fraction of sp³-hybridized carbons (Fsp3) is 0. The van der Waals surface area contributed by atoms with Crippen molar-refractivity contribution in [3.05, 3.63) is 48.5 Å². The van der Waals surface area contributed by atoms with E-state index in [1.54, 1.807) is 16.8 Å². The van der Waals surface area contributed by atoms with E-state index in [1.807, 2.05) is 36.4 Å². The van der Waals surface area contributed by atoms with Gasteiger partial charge >= 0.3 is 0 Å². The van der Waals surface area contributed by atoms with Crippen LogP contribution in [-0.4, -0.2) is 21.1 Å². The molecule has 0 spiro atoms. The van der Waals surface area contributed by atoms with Crippen molar-refractivity contribution in [2.24, 2.45) is 4.99 Å². The Labute approximate surface area is 102 Å². The van der Waals surface area contributed by atoms with Crippen molar-refractivity contribution in [2.45, 2.75) is 0 Å². The first-order valence-electron chi connectivity index (χ1n) is 5.37. The molecular formula is C13H8N4O. The second-order valence-corrected chi connectivity index (χ2v) is 3.71. The number of isocyanates is 1. The first-order chi connectivity index (χ1) is 8.88. The molecule has 0 saturated carbocycles. The van der Waals surface area contributed by atoms with Crippen molar-refractivity contribution in [3.63, 3.8) is 0 Å². The Morgan fingerprint density at radius 2 is 1.83 bits per heavy atom. The van der Waals surface area contributed by atoms with E-state index in [1.165, 1.54) is 6.08 Å². The van der Waals surface area contributed by atoms with Crippen LogP contribution in [0.1, 0.15) is 0 Å². The summed E-state index contributed by atoms with van der Waals surface area (Å²) in [5.74, 6) is 0. The summed E-state index contributed by atoms with van der Waals surface area (Å²) in [6.07, 6.45) is 1.51. The smallest absolute Gasteiger partial charge is 0.213 e. The third-order valence-corrected chi connectivity index (χ3v) is 2.62. The standard InChI is InChI=1S/C13H8N4O/c18-9-14-10-5-7-11(8-6-10)17-13-4-2-1-3-12(13)15-16-17/h1-8H. The molecule has 0 fully saturated rings. The molecule has 0 aliphatic carbocycles. The molecule has 5 heteroatoms. The molecule has 0 aliphatic heterocycles. The maximum Gasteiger partial charge on any atom is 0.240 e. The Kier molecular flexibility index (Phi) is 2.44. The summed E-state index contributed by atoms with van der Waals surface area (Å²) in [6.45, 7) is 0. The Hall–Kier alpha value is -2.78. The van der Waals surface area contributed by atoms with E-state index in [4.69, 9.17) is 0 Å². The van der Waals surface area contributed by atoms with Crippen LogP contribution < -0.4 is 0 Å². The number of para-hydroxylation sites is 1. The van der Waals surface area contributed by atoms with E-state index < -0.39 is 0 Å². The lowest BCUT2D eigenvalue weighted by Gasteiger charge is -2.01. The van der Waals surface area contributed by atoms with E-state index >= 15 is 0 Å². The summed E-state index contributed by atoms with van der Waals surface area (Å²) in [6, 6.07) is 14.8. The number of hydrogen-bond donors (Lipinski definition) is 0. The molecule has 1 aromatic heterocycles. The van der Waals surface area contributed by atoms with E-state index in [2.05, 4.69) is 15.3 Å². The van der Waals surface area contributed by atoms with Crippen molar-refractivity contribution in [2.75, 3.05) is 0 Å². The van der Waals surface area contributed by atoms with Gasteiger partial charge in [0.25, 0.3) is 0 Å². The number of nitrogens with zero attached hydrogens (tertiary/aromatic N) is 4. The Bertz CT molecular complexity index is 739. The number of benzene rings is 2. The monoisotopic (exact) mass is 236 g/mol. The number of hydrogen-bond acceptors (Lipinski definition) is 4. The van der Waals surface area contributed by atoms with Gasteiger partial charge in [-0.15, -0.1) is 5.10 Å². The third-order valence-electron chi connectivity index (χ3n) is 2.62. The quantitative estimate of drug-likeness (QED) is 0.507. The maximum absolute atomic E-state index is 10.1. The zero-order valence-electron chi connectivity index (χ0n) is 9.32. The molecule has 0 bridgehead atoms.